The summed E-state index contributed by atoms with van der Waals surface area (Å²) < 4.78 is 14.7. The van der Waals surface area contributed by atoms with Crippen LogP contribution in [0.2, 0.25) is 0 Å². The topological polar surface area (TPSA) is 121 Å². The quantitative estimate of drug-likeness (QED) is 0.276. The Labute approximate surface area is 230 Å². The van der Waals surface area contributed by atoms with Crippen LogP contribution >= 0.6 is 11.8 Å². The van der Waals surface area contributed by atoms with Crippen molar-refractivity contribution in [2.24, 2.45) is 0 Å². The minimum Gasteiger partial charge on any atom is -0.493 e. The number of thioether (sulfide) groups is 1. The Kier molecular flexibility index (Phi) is 8.98. The second-order valence-electron chi connectivity index (χ2n) is 8.99. The molecule has 202 valence electrons. The molecule has 1 aliphatic heterocycles. The summed E-state index contributed by atoms with van der Waals surface area (Å²) in [5, 5.41) is 1.63. The fourth-order valence-electron chi connectivity index (χ4n) is 3.99. The van der Waals surface area contributed by atoms with Crippen molar-refractivity contribution in [2.45, 2.75) is 44.1 Å². The van der Waals surface area contributed by atoms with Crippen LogP contribution in [0.3, 0.4) is 0 Å². The molecule has 0 spiro atoms. The molecule has 2 amide bonds. The van der Waals surface area contributed by atoms with Gasteiger partial charge in [0.2, 0.25) is 4.75 Å². The molecule has 2 heterocycles. The van der Waals surface area contributed by atoms with Gasteiger partial charge in [-0.05, 0) is 48.0 Å². The van der Waals surface area contributed by atoms with Crippen molar-refractivity contribution in [2.75, 3.05) is 6.61 Å². The Bertz CT molecular complexity index is 1330. The summed E-state index contributed by atoms with van der Waals surface area (Å²) >= 11 is 0.643. The van der Waals surface area contributed by atoms with Gasteiger partial charge in [-0.15, -0.1) is 0 Å². The van der Waals surface area contributed by atoms with Gasteiger partial charge in [-0.25, -0.2) is 4.79 Å². The molecule has 1 saturated heterocycles. The van der Waals surface area contributed by atoms with Gasteiger partial charge in [-0.3, -0.25) is 24.7 Å². The van der Waals surface area contributed by atoms with E-state index in [9.17, 15) is 19.2 Å². The number of hydrogen-bond acceptors (Lipinski definition) is 9. The number of nitrogens with zero attached hydrogens (tertiary/aromatic N) is 1. The largest absolute Gasteiger partial charge is 0.493 e. The van der Waals surface area contributed by atoms with E-state index < -0.39 is 21.9 Å². The first-order valence-corrected chi connectivity index (χ1v) is 13.2. The molecular weight excluding hydrogens is 520 g/mol. The fourth-order valence-corrected chi connectivity index (χ4v) is 4.98. The third-order valence-corrected chi connectivity index (χ3v) is 7.19. The van der Waals surface area contributed by atoms with Crippen molar-refractivity contribution in [3.05, 3.63) is 95.3 Å². The van der Waals surface area contributed by atoms with Crippen molar-refractivity contribution in [3.63, 3.8) is 0 Å². The number of aromatic nitrogens is 1. The van der Waals surface area contributed by atoms with Gasteiger partial charge in [0.05, 0.1) is 6.61 Å². The van der Waals surface area contributed by atoms with E-state index in [-0.39, 0.29) is 25.1 Å². The predicted molar refractivity (Wildman–Crippen MR) is 144 cm³/mol. The Morgan fingerprint density at radius 3 is 2.36 bits per heavy atom. The molecule has 4 rings (SSSR count). The SMILES string of the molecule is CC(=O)OC(C)c1ccc(CCOc2ccc(C[C@@]3(C(=O)OCc4ccccc4)SC(=O)NC3=O)cc2)nc1. The van der Waals surface area contributed by atoms with Crippen LogP contribution in [0.1, 0.15) is 42.3 Å². The molecule has 0 radical (unpaired) electrons. The summed E-state index contributed by atoms with van der Waals surface area (Å²) in [6.45, 7) is 3.54. The molecule has 1 fully saturated rings. The van der Waals surface area contributed by atoms with Crippen LogP contribution in [0.5, 0.6) is 5.75 Å². The molecular formula is C29H28N2O7S. The van der Waals surface area contributed by atoms with Crippen LogP contribution in [0.4, 0.5) is 4.79 Å². The lowest BCUT2D eigenvalue weighted by atomic mass is 9.97. The first-order chi connectivity index (χ1) is 18.7. The molecule has 2 aromatic carbocycles. The van der Waals surface area contributed by atoms with Crippen molar-refractivity contribution in [1.82, 2.24) is 10.3 Å². The van der Waals surface area contributed by atoms with Gasteiger partial charge in [0.1, 0.15) is 18.5 Å². The van der Waals surface area contributed by atoms with E-state index in [4.69, 9.17) is 14.2 Å². The average Bonchev–Trinajstić information content (AvgIpc) is 3.22. The molecule has 0 aliphatic carbocycles. The third kappa shape index (κ3) is 7.23. The molecule has 2 atom stereocenters. The number of carbonyl (C=O) groups excluding carboxylic acids is 4. The highest BCUT2D eigenvalue weighted by Crippen LogP contribution is 2.37. The number of nitrogens with one attached hydrogen (secondary N) is 1. The number of esters is 2. The van der Waals surface area contributed by atoms with Crippen LogP contribution in [-0.4, -0.2) is 39.4 Å². The maximum atomic E-state index is 13.0. The number of pyridine rings is 1. The van der Waals surface area contributed by atoms with Crippen molar-refractivity contribution in [3.8, 4) is 5.75 Å². The number of imide groups is 1. The monoisotopic (exact) mass is 548 g/mol. The molecule has 1 N–H and O–H groups in total. The average molecular weight is 549 g/mol. The van der Waals surface area contributed by atoms with E-state index in [2.05, 4.69) is 10.3 Å². The van der Waals surface area contributed by atoms with Crippen LogP contribution < -0.4 is 10.1 Å². The van der Waals surface area contributed by atoms with E-state index in [1.54, 1.807) is 37.4 Å². The van der Waals surface area contributed by atoms with Gasteiger partial charge in [0.15, 0.2) is 0 Å². The highest BCUT2D eigenvalue weighted by molar-refractivity contribution is 8.16. The maximum absolute atomic E-state index is 13.0. The van der Waals surface area contributed by atoms with Crippen LogP contribution in [-0.2, 0) is 43.3 Å². The smallest absolute Gasteiger partial charge is 0.333 e. The fraction of sp³-hybridized carbons (Fsp3) is 0.276. The molecule has 0 bridgehead atoms. The zero-order valence-corrected chi connectivity index (χ0v) is 22.4. The molecule has 3 aromatic rings. The lowest BCUT2D eigenvalue weighted by Crippen LogP contribution is -2.46. The summed E-state index contributed by atoms with van der Waals surface area (Å²) in [6.07, 6.45) is 1.88. The zero-order chi connectivity index (χ0) is 27.8. The Morgan fingerprint density at radius 2 is 1.74 bits per heavy atom. The van der Waals surface area contributed by atoms with Gasteiger partial charge in [0.25, 0.3) is 11.1 Å². The first kappa shape index (κ1) is 27.8. The lowest BCUT2D eigenvalue weighted by molar-refractivity contribution is -0.151. The van der Waals surface area contributed by atoms with Gasteiger partial charge in [-0.2, -0.15) is 0 Å². The number of rotatable bonds is 11. The summed E-state index contributed by atoms with van der Waals surface area (Å²) in [7, 11) is 0. The molecule has 9 nitrogen and oxygen atoms in total. The molecule has 39 heavy (non-hydrogen) atoms. The van der Waals surface area contributed by atoms with Crippen molar-refractivity contribution >= 4 is 34.8 Å². The van der Waals surface area contributed by atoms with Gasteiger partial charge >= 0.3 is 11.9 Å². The Hall–Kier alpha value is -4.18. The maximum Gasteiger partial charge on any atom is 0.333 e. The van der Waals surface area contributed by atoms with Crippen molar-refractivity contribution in [1.29, 1.82) is 0 Å². The van der Waals surface area contributed by atoms with Gasteiger partial charge < -0.3 is 14.2 Å². The summed E-state index contributed by atoms with van der Waals surface area (Å²) in [5.74, 6) is -1.18. The minimum atomic E-state index is -1.70. The Balaban J connectivity index is 1.33. The van der Waals surface area contributed by atoms with Crippen LogP contribution in [0, 0.1) is 0 Å². The second kappa shape index (κ2) is 12.6. The lowest BCUT2D eigenvalue weighted by Gasteiger charge is -2.22. The molecule has 1 aromatic heterocycles. The van der Waals surface area contributed by atoms with Gasteiger partial charge in [0, 0.05) is 37.2 Å². The normalized spacial score (nSPS) is 17.3. The Morgan fingerprint density at radius 1 is 1.00 bits per heavy atom. The molecule has 1 aliphatic rings. The summed E-state index contributed by atoms with van der Waals surface area (Å²) in [6, 6.07) is 19.8. The van der Waals surface area contributed by atoms with E-state index in [0.29, 0.717) is 36.1 Å². The number of ether oxygens (including phenoxy) is 3. The number of benzene rings is 2. The summed E-state index contributed by atoms with van der Waals surface area (Å²) in [4.78, 5) is 53.3. The zero-order valence-electron chi connectivity index (χ0n) is 21.5. The highest BCUT2D eigenvalue weighted by atomic mass is 32.2. The van der Waals surface area contributed by atoms with E-state index in [1.165, 1.54) is 6.92 Å². The van der Waals surface area contributed by atoms with E-state index >= 15 is 0 Å². The number of amides is 2. The van der Waals surface area contributed by atoms with Crippen molar-refractivity contribution < 1.29 is 33.4 Å². The molecule has 1 unspecified atom stereocenters. The third-order valence-electron chi connectivity index (χ3n) is 6.05. The standard InChI is InChI=1S/C29H28N2O7S/c1-19(38-20(2)32)23-10-11-24(30-17-23)14-15-36-25-12-8-21(9-13-25)16-29(26(33)31-28(35)39-29)27(34)37-18-22-6-4-3-5-7-22/h3-13,17,19H,14-16,18H2,1-2H3,(H,31,33,35)/t19?,29-/m1/s1. The number of hydrogen-bond donors (Lipinski definition) is 1. The highest BCUT2D eigenvalue weighted by Gasteiger charge is 2.55. The van der Waals surface area contributed by atoms with E-state index in [1.807, 2.05) is 42.5 Å². The second-order valence-corrected chi connectivity index (χ2v) is 10.3. The number of carbonyl (C=O) groups is 4. The molecule has 0 saturated carbocycles. The van der Waals surface area contributed by atoms with Gasteiger partial charge in [-0.1, -0.05) is 48.5 Å². The van der Waals surface area contributed by atoms with Crippen LogP contribution in [0.15, 0.2) is 72.9 Å². The van der Waals surface area contributed by atoms with Crippen LogP contribution in [0.25, 0.3) is 0 Å². The minimum absolute atomic E-state index is 0.000959. The van der Waals surface area contributed by atoms with E-state index in [0.717, 1.165) is 16.8 Å². The molecule has 10 heteroatoms. The summed E-state index contributed by atoms with van der Waals surface area (Å²) in [5.41, 5.74) is 3.09. The first-order valence-electron chi connectivity index (χ1n) is 12.3. The predicted octanol–water partition coefficient (Wildman–Crippen LogP) is 4.33.